The maximum atomic E-state index is 5.96. The first kappa shape index (κ1) is 14.8. The molecule has 3 nitrogen and oxygen atoms in total. The van der Waals surface area contributed by atoms with Gasteiger partial charge in [0.2, 0.25) is 0 Å². The summed E-state index contributed by atoms with van der Waals surface area (Å²) in [7, 11) is 0. The van der Waals surface area contributed by atoms with E-state index in [1.165, 1.54) is 0 Å². The largest absolute Gasteiger partial charge is 0.487 e. The topological polar surface area (TPSA) is 48.1 Å². The minimum Gasteiger partial charge on any atom is -0.487 e. The van der Waals surface area contributed by atoms with E-state index in [1.807, 2.05) is 50.2 Å². The number of halogens is 1. The summed E-state index contributed by atoms with van der Waals surface area (Å²) in [6.07, 6.45) is 0.701. The Balaban J connectivity index is 2.12. The average molecular weight is 291 g/mol. The zero-order valence-corrected chi connectivity index (χ0v) is 12.5. The Morgan fingerprint density at radius 3 is 2.80 bits per heavy atom. The zero-order valence-electron chi connectivity index (χ0n) is 11.8. The molecule has 4 heteroatoms. The first-order valence-corrected chi connectivity index (χ1v) is 7.02. The van der Waals surface area contributed by atoms with Gasteiger partial charge < -0.3 is 10.5 Å². The van der Waals surface area contributed by atoms with Gasteiger partial charge in [-0.1, -0.05) is 23.7 Å². The average Bonchev–Trinajstić information content (AvgIpc) is 2.37. The summed E-state index contributed by atoms with van der Waals surface area (Å²) < 4.78 is 5.86. The third-order valence-corrected chi connectivity index (χ3v) is 3.11. The van der Waals surface area contributed by atoms with Crippen LogP contribution < -0.4 is 10.5 Å². The van der Waals surface area contributed by atoms with Crippen molar-refractivity contribution < 1.29 is 4.74 Å². The van der Waals surface area contributed by atoms with Crippen LogP contribution >= 0.6 is 11.6 Å². The molecule has 0 spiro atoms. The number of aryl methyl sites for hydroxylation is 1. The number of rotatable bonds is 5. The van der Waals surface area contributed by atoms with E-state index in [9.17, 15) is 0 Å². The molecule has 0 saturated heterocycles. The third kappa shape index (κ3) is 4.22. The van der Waals surface area contributed by atoms with E-state index in [0.717, 1.165) is 22.7 Å². The maximum absolute atomic E-state index is 5.96. The van der Waals surface area contributed by atoms with Crippen molar-refractivity contribution in [3.05, 3.63) is 58.4 Å². The number of hydrogen-bond acceptors (Lipinski definition) is 3. The van der Waals surface area contributed by atoms with Crippen molar-refractivity contribution in [2.45, 2.75) is 32.9 Å². The fourth-order valence-electron chi connectivity index (χ4n) is 1.97. The molecule has 1 unspecified atom stereocenters. The van der Waals surface area contributed by atoms with Crippen molar-refractivity contribution >= 4 is 11.6 Å². The second-order valence-electron chi connectivity index (χ2n) is 5.00. The first-order chi connectivity index (χ1) is 9.54. The molecule has 0 aliphatic carbocycles. The van der Waals surface area contributed by atoms with Gasteiger partial charge in [0.05, 0.1) is 5.69 Å². The highest BCUT2D eigenvalue weighted by Crippen LogP contribution is 2.20. The SMILES string of the molecule is Cc1ccc(OCc2cccc(Cl)c2)c(CC(C)N)n1. The van der Waals surface area contributed by atoms with Crippen LogP contribution in [0.2, 0.25) is 5.02 Å². The van der Waals surface area contributed by atoms with E-state index in [2.05, 4.69) is 4.98 Å². The molecular weight excluding hydrogens is 272 g/mol. The first-order valence-electron chi connectivity index (χ1n) is 6.64. The highest BCUT2D eigenvalue weighted by molar-refractivity contribution is 6.30. The van der Waals surface area contributed by atoms with Crippen molar-refractivity contribution in [1.82, 2.24) is 4.98 Å². The molecule has 0 amide bonds. The van der Waals surface area contributed by atoms with E-state index < -0.39 is 0 Å². The highest BCUT2D eigenvalue weighted by Gasteiger charge is 2.09. The minimum atomic E-state index is 0.0535. The van der Waals surface area contributed by atoms with Gasteiger partial charge in [-0.2, -0.15) is 0 Å². The molecule has 1 aromatic heterocycles. The lowest BCUT2D eigenvalue weighted by molar-refractivity contribution is 0.300. The third-order valence-electron chi connectivity index (χ3n) is 2.87. The van der Waals surface area contributed by atoms with Crippen molar-refractivity contribution in [3.63, 3.8) is 0 Å². The van der Waals surface area contributed by atoms with E-state index >= 15 is 0 Å². The van der Waals surface area contributed by atoms with Gasteiger partial charge in [-0.3, -0.25) is 4.98 Å². The summed E-state index contributed by atoms with van der Waals surface area (Å²) in [4.78, 5) is 4.51. The summed E-state index contributed by atoms with van der Waals surface area (Å²) in [6.45, 7) is 4.40. The molecule has 1 atom stereocenters. The van der Waals surface area contributed by atoms with E-state index in [-0.39, 0.29) is 6.04 Å². The molecule has 1 heterocycles. The molecule has 0 fully saturated rings. The van der Waals surface area contributed by atoms with Crippen molar-refractivity contribution in [3.8, 4) is 5.75 Å². The Bertz CT molecular complexity index is 584. The zero-order chi connectivity index (χ0) is 14.5. The second-order valence-corrected chi connectivity index (χ2v) is 5.43. The molecule has 0 radical (unpaired) electrons. The minimum absolute atomic E-state index is 0.0535. The predicted molar refractivity (Wildman–Crippen MR) is 82.1 cm³/mol. The summed E-state index contributed by atoms with van der Waals surface area (Å²) in [5.74, 6) is 0.785. The maximum Gasteiger partial charge on any atom is 0.141 e. The van der Waals surface area contributed by atoms with Crippen LogP contribution in [0.5, 0.6) is 5.75 Å². The smallest absolute Gasteiger partial charge is 0.141 e. The van der Waals surface area contributed by atoms with Crippen LogP contribution in [-0.2, 0) is 13.0 Å². The Kier molecular flexibility index (Phi) is 4.99. The summed E-state index contributed by atoms with van der Waals surface area (Å²) in [5, 5.41) is 0.712. The van der Waals surface area contributed by atoms with E-state index in [0.29, 0.717) is 18.1 Å². The van der Waals surface area contributed by atoms with Crippen LogP contribution in [0.25, 0.3) is 0 Å². The fraction of sp³-hybridized carbons (Fsp3) is 0.312. The van der Waals surface area contributed by atoms with Crippen LogP contribution in [0.15, 0.2) is 36.4 Å². The highest BCUT2D eigenvalue weighted by atomic mass is 35.5. The summed E-state index contributed by atoms with van der Waals surface area (Å²) in [5.41, 5.74) is 8.76. The van der Waals surface area contributed by atoms with Crippen LogP contribution in [0, 0.1) is 6.92 Å². The number of benzene rings is 1. The van der Waals surface area contributed by atoms with E-state index in [4.69, 9.17) is 22.1 Å². The summed E-state index contributed by atoms with van der Waals surface area (Å²) >= 11 is 5.96. The van der Waals surface area contributed by atoms with Crippen LogP contribution in [-0.4, -0.2) is 11.0 Å². The molecule has 20 heavy (non-hydrogen) atoms. The van der Waals surface area contributed by atoms with Gasteiger partial charge in [0.1, 0.15) is 12.4 Å². The molecule has 2 rings (SSSR count). The molecule has 2 N–H and O–H groups in total. The molecule has 0 aliphatic rings. The summed E-state index contributed by atoms with van der Waals surface area (Å²) in [6, 6.07) is 11.6. The van der Waals surface area contributed by atoms with Crippen molar-refractivity contribution in [2.24, 2.45) is 5.73 Å². The number of nitrogens with zero attached hydrogens (tertiary/aromatic N) is 1. The number of pyridine rings is 1. The van der Waals surface area contributed by atoms with Crippen LogP contribution in [0.3, 0.4) is 0 Å². The number of aromatic nitrogens is 1. The Morgan fingerprint density at radius 2 is 2.10 bits per heavy atom. The molecule has 0 aliphatic heterocycles. The molecule has 0 bridgehead atoms. The second kappa shape index (κ2) is 6.73. The van der Waals surface area contributed by atoms with Gasteiger partial charge in [0.25, 0.3) is 0 Å². The number of nitrogens with two attached hydrogens (primary N) is 1. The van der Waals surface area contributed by atoms with Gasteiger partial charge in [0, 0.05) is 23.2 Å². The molecule has 2 aromatic rings. The van der Waals surface area contributed by atoms with Gasteiger partial charge >= 0.3 is 0 Å². The normalized spacial score (nSPS) is 12.2. The van der Waals surface area contributed by atoms with Gasteiger partial charge in [-0.05, 0) is 43.7 Å². The van der Waals surface area contributed by atoms with Gasteiger partial charge in [-0.15, -0.1) is 0 Å². The van der Waals surface area contributed by atoms with E-state index in [1.54, 1.807) is 0 Å². The Morgan fingerprint density at radius 1 is 1.30 bits per heavy atom. The number of ether oxygens (including phenoxy) is 1. The lowest BCUT2D eigenvalue weighted by atomic mass is 10.1. The predicted octanol–water partition coefficient (Wildman–Crippen LogP) is 3.51. The van der Waals surface area contributed by atoms with Gasteiger partial charge in [-0.25, -0.2) is 0 Å². The monoisotopic (exact) mass is 290 g/mol. The van der Waals surface area contributed by atoms with Crippen LogP contribution in [0.4, 0.5) is 0 Å². The Hall–Kier alpha value is -1.58. The lowest BCUT2D eigenvalue weighted by Gasteiger charge is -2.13. The quantitative estimate of drug-likeness (QED) is 0.916. The van der Waals surface area contributed by atoms with Crippen molar-refractivity contribution in [1.29, 1.82) is 0 Å². The molecule has 106 valence electrons. The molecular formula is C16H19ClN2O. The molecule has 0 saturated carbocycles. The number of hydrogen-bond donors (Lipinski definition) is 1. The van der Waals surface area contributed by atoms with Crippen molar-refractivity contribution in [2.75, 3.05) is 0 Å². The standard InChI is InChI=1S/C16H19ClN2O/c1-11(18)8-15-16(7-6-12(2)19-15)20-10-13-4-3-5-14(17)9-13/h3-7,9,11H,8,10,18H2,1-2H3. The Labute approximate surface area is 124 Å². The lowest BCUT2D eigenvalue weighted by Crippen LogP contribution is -2.19. The molecule has 1 aromatic carbocycles. The fourth-order valence-corrected chi connectivity index (χ4v) is 2.18. The van der Waals surface area contributed by atoms with Crippen LogP contribution in [0.1, 0.15) is 23.9 Å². The van der Waals surface area contributed by atoms with Gasteiger partial charge in [0.15, 0.2) is 0 Å².